The van der Waals surface area contributed by atoms with Gasteiger partial charge < -0.3 is 5.73 Å². The monoisotopic (exact) mass is 335 g/mol. The Kier molecular flexibility index (Phi) is 4.35. The highest BCUT2D eigenvalue weighted by Crippen LogP contribution is 2.24. The molecule has 2 aromatic carbocycles. The lowest BCUT2D eigenvalue weighted by atomic mass is 9.86. The highest BCUT2D eigenvalue weighted by Gasteiger charge is 2.30. The Morgan fingerprint density at radius 1 is 1.25 bits per heavy atom. The maximum absolute atomic E-state index is 13.0. The van der Waals surface area contributed by atoms with Crippen LogP contribution in [0.4, 0.5) is 4.39 Å². The third-order valence-corrected chi connectivity index (χ3v) is 4.06. The molecule has 0 radical (unpaired) electrons. The third kappa shape index (κ3) is 3.14. The van der Waals surface area contributed by atoms with Gasteiger partial charge in [0.1, 0.15) is 5.82 Å². The number of ketones is 1. The molecule has 2 rings (SSSR count). The molecule has 1 unspecified atom stereocenters. The summed E-state index contributed by atoms with van der Waals surface area (Å²) in [5.74, 6) is -0.456. The van der Waals surface area contributed by atoms with Gasteiger partial charge in [0.2, 0.25) is 0 Å². The van der Waals surface area contributed by atoms with Gasteiger partial charge in [-0.2, -0.15) is 0 Å². The normalized spacial score (nSPS) is 13.8. The average molecular weight is 336 g/mol. The molecule has 0 saturated heterocycles. The summed E-state index contributed by atoms with van der Waals surface area (Å²) in [5.41, 5.74) is 6.60. The molecule has 0 aliphatic heterocycles. The fourth-order valence-corrected chi connectivity index (χ4v) is 2.46. The largest absolute Gasteiger partial charge is 0.315 e. The third-order valence-electron chi connectivity index (χ3n) is 3.32. The fourth-order valence-electron chi connectivity index (χ4n) is 1.97. The fraction of sp³-hybridized carbons (Fsp3) is 0.188. The van der Waals surface area contributed by atoms with E-state index in [9.17, 15) is 9.18 Å². The second-order valence-corrected chi connectivity index (χ2v) is 5.76. The minimum atomic E-state index is -1.06. The molecule has 104 valence electrons. The number of halogens is 2. The first-order valence-electron chi connectivity index (χ1n) is 6.23. The first kappa shape index (κ1) is 14.9. The van der Waals surface area contributed by atoms with E-state index in [0.717, 1.165) is 11.1 Å². The lowest BCUT2D eigenvalue weighted by Crippen LogP contribution is -2.42. The summed E-state index contributed by atoms with van der Waals surface area (Å²) in [6.07, 6.45) is 0.156. The first-order valence-corrected chi connectivity index (χ1v) is 7.02. The highest BCUT2D eigenvalue weighted by molar-refractivity contribution is 9.10. The van der Waals surface area contributed by atoms with Crippen molar-refractivity contribution in [1.29, 1.82) is 0 Å². The minimum absolute atomic E-state index is 0.115. The van der Waals surface area contributed by atoms with Gasteiger partial charge in [0.15, 0.2) is 5.78 Å². The Hall–Kier alpha value is -1.52. The van der Waals surface area contributed by atoms with Crippen LogP contribution in [0.15, 0.2) is 53.0 Å². The number of hydrogen-bond donors (Lipinski definition) is 1. The van der Waals surface area contributed by atoms with Gasteiger partial charge in [0.25, 0.3) is 0 Å². The molecule has 20 heavy (non-hydrogen) atoms. The van der Waals surface area contributed by atoms with Crippen molar-refractivity contribution in [3.8, 4) is 0 Å². The number of nitrogens with two attached hydrogens (primary N) is 1. The van der Waals surface area contributed by atoms with Crippen molar-refractivity contribution >= 4 is 21.7 Å². The topological polar surface area (TPSA) is 43.1 Å². The molecule has 0 spiro atoms. The maximum Gasteiger partial charge on any atom is 0.161 e. The van der Waals surface area contributed by atoms with Crippen LogP contribution in [0.3, 0.4) is 0 Å². The van der Waals surface area contributed by atoms with Gasteiger partial charge in [0, 0.05) is 10.9 Å². The Morgan fingerprint density at radius 2 is 1.90 bits per heavy atom. The van der Waals surface area contributed by atoms with Gasteiger partial charge in [-0.3, -0.25) is 4.79 Å². The zero-order chi connectivity index (χ0) is 14.8. The quantitative estimate of drug-likeness (QED) is 0.927. The van der Waals surface area contributed by atoms with Gasteiger partial charge >= 0.3 is 0 Å². The summed E-state index contributed by atoms with van der Waals surface area (Å²) < 4.78 is 13.6. The van der Waals surface area contributed by atoms with Crippen LogP contribution in [0.2, 0.25) is 0 Å². The number of benzene rings is 2. The van der Waals surface area contributed by atoms with Crippen molar-refractivity contribution in [3.05, 3.63) is 69.9 Å². The predicted molar refractivity (Wildman–Crippen MR) is 80.8 cm³/mol. The number of carbonyl (C=O) groups excluding carboxylic acids is 1. The SMILES string of the molecule is CC(N)(C(=O)Cc1ccc(F)cc1Br)c1ccccc1. The number of carbonyl (C=O) groups is 1. The molecular weight excluding hydrogens is 321 g/mol. The van der Waals surface area contributed by atoms with Crippen LogP contribution in [-0.4, -0.2) is 5.78 Å². The number of rotatable bonds is 4. The van der Waals surface area contributed by atoms with Crippen LogP contribution in [0.25, 0.3) is 0 Å². The van der Waals surface area contributed by atoms with E-state index >= 15 is 0 Å². The predicted octanol–water partition coefficient (Wildman–Crippen LogP) is 3.57. The van der Waals surface area contributed by atoms with Crippen LogP contribution in [0.5, 0.6) is 0 Å². The second kappa shape index (κ2) is 5.85. The molecule has 0 aliphatic rings. The average Bonchev–Trinajstić information content (AvgIpc) is 2.42. The summed E-state index contributed by atoms with van der Waals surface area (Å²) >= 11 is 3.27. The Bertz CT molecular complexity index is 626. The molecule has 0 bridgehead atoms. The van der Waals surface area contributed by atoms with Gasteiger partial charge in [-0.15, -0.1) is 0 Å². The van der Waals surface area contributed by atoms with Crippen molar-refractivity contribution < 1.29 is 9.18 Å². The summed E-state index contributed by atoms with van der Waals surface area (Å²) in [6, 6.07) is 13.5. The molecule has 2 aromatic rings. The molecule has 2 nitrogen and oxygen atoms in total. The van der Waals surface area contributed by atoms with Crippen LogP contribution < -0.4 is 5.73 Å². The Balaban J connectivity index is 2.23. The van der Waals surface area contributed by atoms with Gasteiger partial charge in [0.05, 0.1) is 5.54 Å². The molecule has 1 atom stereocenters. The summed E-state index contributed by atoms with van der Waals surface area (Å²) in [5, 5.41) is 0. The molecule has 0 aromatic heterocycles. The molecule has 0 aliphatic carbocycles. The van der Waals surface area contributed by atoms with E-state index in [1.165, 1.54) is 12.1 Å². The van der Waals surface area contributed by atoms with E-state index < -0.39 is 5.54 Å². The molecule has 0 heterocycles. The van der Waals surface area contributed by atoms with Crippen molar-refractivity contribution in [2.45, 2.75) is 18.9 Å². The lowest BCUT2D eigenvalue weighted by molar-refractivity contribution is -0.123. The van der Waals surface area contributed by atoms with E-state index in [1.54, 1.807) is 13.0 Å². The summed E-state index contributed by atoms with van der Waals surface area (Å²) in [6.45, 7) is 1.70. The van der Waals surface area contributed by atoms with Crippen LogP contribution in [-0.2, 0) is 16.8 Å². The smallest absolute Gasteiger partial charge is 0.161 e. The molecule has 4 heteroatoms. The van der Waals surface area contributed by atoms with Crippen LogP contribution in [0, 0.1) is 5.82 Å². The van der Waals surface area contributed by atoms with E-state index in [0.29, 0.717) is 4.47 Å². The van der Waals surface area contributed by atoms with Crippen LogP contribution >= 0.6 is 15.9 Å². The Morgan fingerprint density at radius 3 is 2.50 bits per heavy atom. The highest BCUT2D eigenvalue weighted by atomic mass is 79.9. The van der Waals surface area contributed by atoms with E-state index in [4.69, 9.17) is 5.73 Å². The van der Waals surface area contributed by atoms with Crippen molar-refractivity contribution in [1.82, 2.24) is 0 Å². The van der Waals surface area contributed by atoms with Gasteiger partial charge in [-0.25, -0.2) is 4.39 Å². The van der Waals surface area contributed by atoms with Crippen molar-refractivity contribution in [3.63, 3.8) is 0 Å². The number of hydrogen-bond acceptors (Lipinski definition) is 2. The summed E-state index contributed by atoms with van der Waals surface area (Å²) in [7, 11) is 0. The zero-order valence-corrected chi connectivity index (χ0v) is 12.7. The van der Waals surface area contributed by atoms with Gasteiger partial charge in [-0.1, -0.05) is 52.3 Å². The van der Waals surface area contributed by atoms with Crippen molar-refractivity contribution in [2.24, 2.45) is 5.73 Å². The Labute approximate surface area is 125 Å². The van der Waals surface area contributed by atoms with E-state index in [1.807, 2.05) is 30.3 Å². The maximum atomic E-state index is 13.0. The molecular formula is C16H15BrFNO. The molecule has 0 amide bonds. The van der Waals surface area contributed by atoms with Crippen molar-refractivity contribution in [2.75, 3.05) is 0 Å². The second-order valence-electron chi connectivity index (χ2n) is 4.90. The molecule has 0 saturated carbocycles. The molecule has 0 fully saturated rings. The first-order chi connectivity index (χ1) is 9.41. The van der Waals surface area contributed by atoms with Crippen LogP contribution in [0.1, 0.15) is 18.1 Å². The minimum Gasteiger partial charge on any atom is -0.315 e. The van der Waals surface area contributed by atoms with Gasteiger partial charge in [-0.05, 0) is 30.2 Å². The number of Topliss-reactive ketones (excluding diaryl/α,β-unsaturated/α-hetero) is 1. The summed E-state index contributed by atoms with van der Waals surface area (Å²) in [4.78, 5) is 12.4. The zero-order valence-electron chi connectivity index (χ0n) is 11.1. The van der Waals surface area contributed by atoms with E-state index in [-0.39, 0.29) is 18.0 Å². The molecule has 2 N–H and O–H groups in total. The standard InChI is InChI=1S/C16H15BrFNO/c1-16(19,12-5-3-2-4-6-12)15(20)9-11-7-8-13(18)10-14(11)17/h2-8,10H,9,19H2,1H3. The van der Waals surface area contributed by atoms with E-state index in [2.05, 4.69) is 15.9 Å². The lowest BCUT2D eigenvalue weighted by Gasteiger charge is -2.24.